The van der Waals surface area contributed by atoms with Crippen molar-refractivity contribution in [3.63, 3.8) is 0 Å². The second-order valence-electron chi connectivity index (χ2n) is 10.1. The zero-order chi connectivity index (χ0) is 42.3. The second kappa shape index (κ2) is 9.44. The first-order valence-corrected chi connectivity index (χ1v) is 13.4. The molecule has 0 amide bonds. The van der Waals surface area contributed by atoms with E-state index >= 15 is 0 Å². The molecule has 43 heavy (non-hydrogen) atoms. The fraction of sp³-hybridized carbons (Fsp3) is 0. The van der Waals surface area contributed by atoms with Gasteiger partial charge in [0.1, 0.15) is 11.2 Å². The Balaban J connectivity index is 1.37. The van der Waals surface area contributed by atoms with Crippen molar-refractivity contribution in [1.29, 1.82) is 0 Å². The van der Waals surface area contributed by atoms with Crippen molar-refractivity contribution in [3.8, 4) is 33.4 Å². The number of hydrogen-bond donors (Lipinski definition) is 0. The molecular formula is C42H26O. The van der Waals surface area contributed by atoms with Crippen molar-refractivity contribution < 1.29 is 26.3 Å². The number of rotatable bonds is 3. The Morgan fingerprint density at radius 2 is 1.00 bits per heavy atom. The molecule has 0 aliphatic heterocycles. The highest BCUT2D eigenvalue weighted by atomic mass is 16.3. The highest BCUT2D eigenvalue weighted by Gasteiger charge is 2.17. The van der Waals surface area contributed by atoms with Crippen LogP contribution in [0.15, 0.2) is 162 Å². The van der Waals surface area contributed by atoms with Crippen LogP contribution in [-0.2, 0) is 0 Å². The van der Waals surface area contributed by atoms with Gasteiger partial charge in [-0.1, -0.05) is 127 Å². The molecule has 1 aromatic heterocycles. The van der Waals surface area contributed by atoms with Crippen molar-refractivity contribution in [3.05, 3.63) is 157 Å². The fourth-order valence-electron chi connectivity index (χ4n) is 5.81. The summed E-state index contributed by atoms with van der Waals surface area (Å²) in [4.78, 5) is 0. The van der Waals surface area contributed by atoms with Gasteiger partial charge in [-0.3, -0.25) is 0 Å². The minimum Gasteiger partial charge on any atom is -0.456 e. The van der Waals surface area contributed by atoms with Crippen molar-refractivity contribution in [2.24, 2.45) is 0 Å². The van der Waals surface area contributed by atoms with Crippen LogP contribution in [-0.4, -0.2) is 0 Å². The molecule has 0 unspecified atom stereocenters. The van der Waals surface area contributed by atoms with Crippen LogP contribution in [0.5, 0.6) is 0 Å². The predicted molar refractivity (Wildman–Crippen MR) is 183 cm³/mol. The van der Waals surface area contributed by atoms with Gasteiger partial charge in [-0.15, -0.1) is 0 Å². The lowest BCUT2D eigenvalue weighted by Gasteiger charge is -2.18. The SMILES string of the molecule is [2H]c1cc2c(-c3cccc(-c4c([2H])c([2H])c5c(oc6c([2H])c([2H])c([2H])c([2H])c65)c4[2H])c3)c3cc([2H])c([2H])cc3c(-c3cc([2H])c4c([2H])c([2H])c([2H])c([2H])c4c3)c2cc1[2H]. The molecule has 0 radical (unpaired) electrons. The summed E-state index contributed by atoms with van der Waals surface area (Å²) in [6.07, 6.45) is 0. The van der Waals surface area contributed by atoms with Crippen molar-refractivity contribution >= 4 is 54.3 Å². The molecule has 9 rings (SSSR count). The van der Waals surface area contributed by atoms with Crippen molar-refractivity contribution in [1.82, 2.24) is 0 Å². The largest absolute Gasteiger partial charge is 0.456 e. The summed E-state index contributed by atoms with van der Waals surface area (Å²) >= 11 is 0. The summed E-state index contributed by atoms with van der Waals surface area (Å²) < 4.78 is 144. The van der Waals surface area contributed by atoms with Gasteiger partial charge in [0.2, 0.25) is 0 Å². The van der Waals surface area contributed by atoms with Gasteiger partial charge in [-0.05, 0) is 96.0 Å². The fourth-order valence-corrected chi connectivity index (χ4v) is 5.81. The lowest BCUT2D eigenvalue weighted by molar-refractivity contribution is 0.669. The van der Waals surface area contributed by atoms with Crippen LogP contribution in [0.2, 0.25) is 0 Å². The third kappa shape index (κ3) is 3.79. The lowest BCUT2D eigenvalue weighted by Crippen LogP contribution is -1.91. The van der Waals surface area contributed by atoms with Crippen molar-refractivity contribution in [2.75, 3.05) is 0 Å². The monoisotopic (exact) mass is 562 g/mol. The third-order valence-electron chi connectivity index (χ3n) is 7.69. The summed E-state index contributed by atoms with van der Waals surface area (Å²) in [6.45, 7) is 0. The Labute approximate surface area is 271 Å². The molecule has 0 aliphatic carbocycles. The van der Waals surface area contributed by atoms with E-state index in [9.17, 15) is 1.37 Å². The van der Waals surface area contributed by atoms with E-state index in [1.165, 1.54) is 36.4 Å². The van der Waals surface area contributed by atoms with Crippen LogP contribution in [0, 0.1) is 0 Å². The Bertz CT molecular complexity index is 3340. The minimum absolute atomic E-state index is 0.0168. The third-order valence-corrected chi connectivity index (χ3v) is 7.69. The molecule has 1 heteroatoms. The van der Waals surface area contributed by atoms with Crippen LogP contribution in [0.25, 0.3) is 87.6 Å². The molecule has 0 spiro atoms. The van der Waals surface area contributed by atoms with Gasteiger partial charge in [0.15, 0.2) is 0 Å². The minimum atomic E-state index is -0.542. The molecule has 200 valence electrons. The van der Waals surface area contributed by atoms with Gasteiger partial charge < -0.3 is 4.42 Å². The normalized spacial score (nSPS) is 16.9. The standard InChI is InChI=1S/C42H26O/c1-2-11-28-24-32(21-20-27(28)10-1)42-37-17-5-3-15-35(37)41(36-16-4-6-18-38(36)42)31-13-9-12-29(25-31)30-22-23-34-33-14-7-8-19-39(33)43-40(34)26-30/h1-26H/i1D,2D,3D,4D,5D,6D,7D,8D,10D,11D,14D,19D,20D,22D,23D,26D. The Hall–Kier alpha value is -5.66. The molecule has 9 aromatic rings. The predicted octanol–water partition coefficient (Wildman–Crippen LogP) is 12.0. The zero-order valence-electron chi connectivity index (χ0n) is 38.2. The van der Waals surface area contributed by atoms with Gasteiger partial charge in [0.05, 0.1) is 21.9 Å². The molecule has 0 saturated heterocycles. The maximum Gasteiger partial charge on any atom is 0.136 e. The number of para-hydroxylation sites is 1. The molecule has 0 saturated carbocycles. The first-order valence-electron chi connectivity index (χ1n) is 21.4. The van der Waals surface area contributed by atoms with Crippen LogP contribution in [0.4, 0.5) is 0 Å². The Morgan fingerprint density at radius 3 is 1.74 bits per heavy atom. The van der Waals surface area contributed by atoms with Crippen LogP contribution in [0.3, 0.4) is 0 Å². The van der Waals surface area contributed by atoms with Crippen LogP contribution >= 0.6 is 0 Å². The molecule has 0 aliphatic rings. The smallest absolute Gasteiger partial charge is 0.136 e. The molecular weight excluding hydrogens is 520 g/mol. The highest BCUT2D eigenvalue weighted by Crippen LogP contribution is 2.44. The topological polar surface area (TPSA) is 13.1 Å². The maximum absolute atomic E-state index is 9.22. The Kier molecular flexibility index (Phi) is 2.88. The van der Waals surface area contributed by atoms with E-state index in [1.54, 1.807) is 24.3 Å². The summed E-state index contributed by atoms with van der Waals surface area (Å²) in [7, 11) is 0. The van der Waals surface area contributed by atoms with Gasteiger partial charge in [0, 0.05) is 10.8 Å². The number of benzene rings is 8. The first-order chi connectivity index (χ1) is 27.9. The van der Waals surface area contributed by atoms with E-state index in [-0.39, 0.29) is 92.7 Å². The van der Waals surface area contributed by atoms with E-state index in [2.05, 4.69) is 0 Å². The maximum atomic E-state index is 9.22. The lowest BCUT2D eigenvalue weighted by atomic mass is 9.85. The average molecular weight is 563 g/mol. The number of furan rings is 1. The molecule has 1 nitrogen and oxygen atoms in total. The van der Waals surface area contributed by atoms with E-state index < -0.39 is 42.3 Å². The van der Waals surface area contributed by atoms with Gasteiger partial charge in [0.25, 0.3) is 0 Å². The molecule has 0 N–H and O–H groups in total. The molecule has 0 atom stereocenters. The first kappa shape index (κ1) is 13.1. The van der Waals surface area contributed by atoms with Crippen LogP contribution < -0.4 is 0 Å². The van der Waals surface area contributed by atoms with Crippen LogP contribution in [0.1, 0.15) is 21.9 Å². The number of fused-ring (bicyclic) bond motifs is 6. The summed E-state index contributed by atoms with van der Waals surface area (Å²) in [5.41, 5.74) is 1.55. The second-order valence-corrected chi connectivity index (χ2v) is 10.1. The van der Waals surface area contributed by atoms with Gasteiger partial charge in [-0.25, -0.2) is 0 Å². The Morgan fingerprint density at radius 1 is 0.395 bits per heavy atom. The van der Waals surface area contributed by atoms with E-state index in [0.717, 1.165) is 0 Å². The van der Waals surface area contributed by atoms with E-state index in [1.807, 2.05) is 0 Å². The molecule has 1 heterocycles. The summed E-state index contributed by atoms with van der Waals surface area (Å²) in [5.74, 6) is 0. The van der Waals surface area contributed by atoms with E-state index in [0.29, 0.717) is 49.4 Å². The average Bonchev–Trinajstić information content (AvgIpc) is 3.62. The zero-order valence-corrected chi connectivity index (χ0v) is 22.2. The summed E-state index contributed by atoms with van der Waals surface area (Å²) in [6, 6.07) is 10.1. The van der Waals surface area contributed by atoms with E-state index in [4.69, 9.17) is 25.0 Å². The van der Waals surface area contributed by atoms with Crippen molar-refractivity contribution in [2.45, 2.75) is 0 Å². The summed E-state index contributed by atoms with van der Waals surface area (Å²) in [5, 5.41) is 1.61. The quantitative estimate of drug-likeness (QED) is 0.195. The molecule has 0 bridgehead atoms. The van der Waals surface area contributed by atoms with Gasteiger partial charge >= 0.3 is 0 Å². The number of hydrogen-bond acceptors (Lipinski definition) is 1. The molecule has 8 aromatic carbocycles. The van der Waals surface area contributed by atoms with Gasteiger partial charge in [-0.2, -0.15) is 0 Å². The highest BCUT2D eigenvalue weighted by molar-refractivity contribution is 6.22. The molecule has 0 fully saturated rings.